The Labute approximate surface area is 226 Å². The maximum absolute atomic E-state index is 13.7. The van der Waals surface area contributed by atoms with Crippen LogP contribution in [0, 0.1) is 11.8 Å². The molecule has 0 spiro atoms. The van der Waals surface area contributed by atoms with Crippen LogP contribution in [-0.2, 0) is 9.53 Å². The van der Waals surface area contributed by atoms with Crippen LogP contribution in [0.15, 0.2) is 48.8 Å². The predicted molar refractivity (Wildman–Crippen MR) is 150 cm³/mol. The summed E-state index contributed by atoms with van der Waals surface area (Å²) in [6.07, 6.45) is 7.24. The highest BCUT2D eigenvalue weighted by Gasteiger charge is 2.34. The molecular formula is C29H33N5O3S. The minimum Gasteiger partial charge on any atom is -0.462 e. The van der Waals surface area contributed by atoms with Crippen LogP contribution in [0.4, 0.5) is 5.82 Å². The van der Waals surface area contributed by atoms with Gasteiger partial charge in [-0.05, 0) is 88.8 Å². The summed E-state index contributed by atoms with van der Waals surface area (Å²) in [4.78, 5) is 38.3. The van der Waals surface area contributed by atoms with Crippen LogP contribution in [0.1, 0.15) is 63.7 Å². The van der Waals surface area contributed by atoms with E-state index in [0.717, 1.165) is 52.3 Å². The van der Waals surface area contributed by atoms with Crippen molar-refractivity contribution in [1.29, 1.82) is 0 Å². The largest absolute Gasteiger partial charge is 0.462 e. The zero-order valence-electron chi connectivity index (χ0n) is 22.3. The number of nitrogens with zero attached hydrogens (tertiary/aromatic N) is 5. The van der Waals surface area contributed by atoms with Crippen molar-refractivity contribution in [2.75, 3.05) is 11.5 Å². The summed E-state index contributed by atoms with van der Waals surface area (Å²) >= 11 is 1.54. The summed E-state index contributed by atoms with van der Waals surface area (Å²) in [6, 6.07) is 11.5. The summed E-state index contributed by atoms with van der Waals surface area (Å²) in [5.41, 5.74) is 2.91. The first-order valence-corrected chi connectivity index (χ1v) is 14.1. The van der Waals surface area contributed by atoms with E-state index in [1.807, 2.05) is 50.2 Å². The molecule has 198 valence electrons. The number of esters is 1. The van der Waals surface area contributed by atoms with Crippen molar-refractivity contribution < 1.29 is 14.3 Å². The molecule has 0 bridgehead atoms. The molecule has 5 rings (SSSR count). The third-order valence-corrected chi connectivity index (χ3v) is 8.11. The first kappa shape index (κ1) is 26.0. The van der Waals surface area contributed by atoms with Crippen LogP contribution in [0.2, 0.25) is 0 Å². The molecule has 0 saturated heterocycles. The van der Waals surface area contributed by atoms with E-state index in [2.05, 4.69) is 16.9 Å². The van der Waals surface area contributed by atoms with Crippen molar-refractivity contribution in [1.82, 2.24) is 19.7 Å². The van der Waals surface area contributed by atoms with Crippen LogP contribution in [0.5, 0.6) is 0 Å². The Kier molecular flexibility index (Phi) is 7.56. The van der Waals surface area contributed by atoms with Gasteiger partial charge in [0.1, 0.15) is 20.9 Å². The molecular weight excluding hydrogens is 498 g/mol. The number of amides is 1. The monoisotopic (exact) mass is 531 g/mol. The molecule has 1 aliphatic rings. The summed E-state index contributed by atoms with van der Waals surface area (Å²) in [5, 5.41) is 5.66. The fourth-order valence-corrected chi connectivity index (χ4v) is 5.90. The van der Waals surface area contributed by atoms with Crippen LogP contribution >= 0.6 is 11.3 Å². The molecule has 8 nitrogen and oxygen atoms in total. The summed E-state index contributed by atoms with van der Waals surface area (Å²) < 4.78 is 7.00. The molecule has 0 unspecified atom stereocenters. The highest BCUT2D eigenvalue weighted by atomic mass is 32.1. The third kappa shape index (κ3) is 5.20. The van der Waals surface area contributed by atoms with Crippen molar-refractivity contribution in [3.8, 4) is 16.3 Å². The number of ether oxygens (including phenoxy) is 1. The van der Waals surface area contributed by atoms with E-state index in [-0.39, 0.29) is 24.5 Å². The van der Waals surface area contributed by atoms with E-state index in [1.54, 1.807) is 40.2 Å². The molecule has 3 heterocycles. The molecule has 1 aromatic carbocycles. The predicted octanol–water partition coefficient (Wildman–Crippen LogP) is 6.29. The number of carbonyl (C=O) groups is 2. The number of hydrogen-bond donors (Lipinski definition) is 0. The molecule has 0 aliphatic heterocycles. The maximum atomic E-state index is 13.7. The van der Waals surface area contributed by atoms with Crippen LogP contribution < -0.4 is 4.90 Å². The third-order valence-electron chi connectivity index (χ3n) is 7.08. The first-order chi connectivity index (χ1) is 18.4. The van der Waals surface area contributed by atoms with Crippen molar-refractivity contribution in [2.24, 2.45) is 11.8 Å². The average molecular weight is 532 g/mol. The highest BCUT2D eigenvalue weighted by Crippen LogP contribution is 2.33. The molecule has 0 atom stereocenters. The Hall–Kier alpha value is -3.59. The van der Waals surface area contributed by atoms with E-state index >= 15 is 0 Å². The zero-order chi connectivity index (χ0) is 26.8. The second-order valence-corrected chi connectivity index (χ2v) is 11.2. The van der Waals surface area contributed by atoms with Crippen LogP contribution in [0.25, 0.3) is 26.6 Å². The number of aromatic nitrogens is 4. The number of hydrogen-bond acceptors (Lipinski definition) is 7. The normalized spacial score (nSPS) is 17.6. The Morgan fingerprint density at radius 3 is 2.53 bits per heavy atom. The molecule has 38 heavy (non-hydrogen) atoms. The SMILES string of the molecule is CCOC(=O)c1cn(-c2ccc(-c3nc4cccnc4s3)cc2)nc1N(C(=O)C1CCC(C)CC1)C(C)C. The van der Waals surface area contributed by atoms with Gasteiger partial charge in [-0.15, -0.1) is 5.10 Å². The van der Waals surface area contributed by atoms with E-state index < -0.39 is 5.97 Å². The van der Waals surface area contributed by atoms with Gasteiger partial charge in [-0.2, -0.15) is 0 Å². The highest BCUT2D eigenvalue weighted by molar-refractivity contribution is 7.21. The number of thiazole rings is 1. The fourth-order valence-electron chi connectivity index (χ4n) is 4.99. The van der Waals surface area contributed by atoms with E-state index in [0.29, 0.717) is 17.3 Å². The first-order valence-electron chi connectivity index (χ1n) is 13.3. The van der Waals surface area contributed by atoms with Crippen molar-refractivity contribution in [2.45, 2.75) is 59.4 Å². The summed E-state index contributed by atoms with van der Waals surface area (Å²) in [7, 11) is 0. The molecule has 1 amide bonds. The Morgan fingerprint density at radius 2 is 1.87 bits per heavy atom. The van der Waals surface area contributed by atoms with Gasteiger partial charge >= 0.3 is 5.97 Å². The minimum absolute atomic E-state index is 0.0301. The minimum atomic E-state index is -0.483. The lowest BCUT2D eigenvalue weighted by atomic mass is 9.82. The fraction of sp³-hybridized carbons (Fsp3) is 0.414. The van der Waals surface area contributed by atoms with Gasteiger partial charge in [0, 0.05) is 29.9 Å². The topological polar surface area (TPSA) is 90.2 Å². The molecule has 4 aromatic rings. The molecule has 1 fully saturated rings. The smallest absolute Gasteiger partial charge is 0.343 e. The van der Waals surface area contributed by atoms with E-state index in [4.69, 9.17) is 9.84 Å². The van der Waals surface area contributed by atoms with Crippen molar-refractivity contribution in [3.63, 3.8) is 0 Å². The molecule has 3 aromatic heterocycles. The van der Waals surface area contributed by atoms with Crippen LogP contribution in [0.3, 0.4) is 0 Å². The number of benzene rings is 1. The second-order valence-electron chi connectivity index (χ2n) is 10.2. The second kappa shape index (κ2) is 11.0. The molecule has 9 heteroatoms. The van der Waals surface area contributed by atoms with Gasteiger partial charge in [0.15, 0.2) is 5.82 Å². The van der Waals surface area contributed by atoms with Gasteiger partial charge < -0.3 is 4.74 Å². The lowest BCUT2D eigenvalue weighted by Crippen LogP contribution is -2.43. The van der Waals surface area contributed by atoms with Gasteiger partial charge in [-0.3, -0.25) is 9.69 Å². The summed E-state index contributed by atoms with van der Waals surface area (Å²) in [5.74, 6) is 0.480. The molecule has 1 saturated carbocycles. The molecule has 0 N–H and O–H groups in total. The number of pyridine rings is 1. The van der Waals surface area contributed by atoms with Gasteiger partial charge in [0.2, 0.25) is 5.91 Å². The van der Waals surface area contributed by atoms with Gasteiger partial charge in [0.05, 0.1) is 12.3 Å². The van der Waals surface area contributed by atoms with Gasteiger partial charge in [0.25, 0.3) is 0 Å². The van der Waals surface area contributed by atoms with Crippen LogP contribution in [-0.4, -0.2) is 44.3 Å². The average Bonchev–Trinajstić information content (AvgIpc) is 3.54. The number of carbonyl (C=O) groups excluding carboxylic acids is 2. The number of rotatable bonds is 7. The molecule has 1 aliphatic carbocycles. The van der Waals surface area contributed by atoms with Crippen molar-refractivity contribution in [3.05, 3.63) is 54.4 Å². The molecule has 0 radical (unpaired) electrons. The van der Waals surface area contributed by atoms with Gasteiger partial charge in [-0.25, -0.2) is 19.4 Å². The van der Waals surface area contributed by atoms with Crippen molar-refractivity contribution >= 4 is 39.4 Å². The van der Waals surface area contributed by atoms with E-state index in [1.165, 1.54) is 0 Å². The quantitative estimate of drug-likeness (QED) is 0.260. The van der Waals surface area contributed by atoms with E-state index in [9.17, 15) is 9.59 Å². The zero-order valence-corrected chi connectivity index (χ0v) is 23.1. The van der Waals surface area contributed by atoms with Gasteiger partial charge in [-0.1, -0.05) is 18.3 Å². The maximum Gasteiger partial charge on any atom is 0.343 e. The number of fused-ring (bicyclic) bond motifs is 1. The standard InChI is InChI=1S/C29H33N5O3S/c1-5-37-29(36)23-17-33(32-25(23)34(18(2)3)28(35)21-10-8-19(4)9-11-21)22-14-12-20(13-15-22)26-31-24-7-6-16-30-27(24)38-26/h6-7,12-19,21H,5,8-11H2,1-4H3. The lowest BCUT2D eigenvalue weighted by Gasteiger charge is -2.32. The lowest BCUT2D eigenvalue weighted by molar-refractivity contribution is -0.124. The Morgan fingerprint density at radius 1 is 1.13 bits per heavy atom. The Balaban J connectivity index is 1.48. The number of anilines is 1. The Bertz CT molecular complexity index is 1400. The summed E-state index contributed by atoms with van der Waals surface area (Å²) in [6.45, 7) is 8.16.